The molecule has 1 amide bonds. The molecule has 0 radical (unpaired) electrons. The Balaban J connectivity index is 1.61. The van der Waals surface area contributed by atoms with Gasteiger partial charge in [-0.3, -0.25) is 10.1 Å². The van der Waals surface area contributed by atoms with E-state index in [2.05, 4.69) is 20.4 Å². The first-order chi connectivity index (χ1) is 14.9. The molecule has 1 aliphatic rings. The molecule has 9 nitrogen and oxygen atoms in total. The van der Waals surface area contributed by atoms with Crippen LogP contribution in [0, 0.1) is 0 Å². The number of thiazole rings is 1. The number of aromatic nitrogens is 2. The number of aliphatic hydroxyl groups excluding tert-OH is 1. The summed E-state index contributed by atoms with van der Waals surface area (Å²) < 4.78 is 24.8. The van der Waals surface area contributed by atoms with Gasteiger partial charge in [0.2, 0.25) is 0 Å². The summed E-state index contributed by atoms with van der Waals surface area (Å²) in [5, 5.41) is 15.8. The van der Waals surface area contributed by atoms with Gasteiger partial charge >= 0.3 is 0 Å². The Morgan fingerprint density at radius 3 is 2.71 bits per heavy atom. The fraction of sp³-hybridized carbons (Fsp3) is 0.300. The highest BCUT2D eigenvalue weighted by Crippen LogP contribution is 2.33. The highest BCUT2D eigenvalue weighted by Gasteiger charge is 2.36. The van der Waals surface area contributed by atoms with Crippen LogP contribution in [0.3, 0.4) is 0 Å². The average Bonchev–Trinajstić information content (AvgIpc) is 3.55. The molecule has 0 spiro atoms. The van der Waals surface area contributed by atoms with Crippen molar-refractivity contribution in [1.82, 2.24) is 9.97 Å². The first kappa shape index (κ1) is 21.3. The minimum absolute atomic E-state index is 0.0668. The first-order valence-electron chi connectivity index (χ1n) is 9.60. The van der Waals surface area contributed by atoms with Crippen LogP contribution in [0.4, 0.5) is 5.13 Å². The number of sulfone groups is 1. The molecule has 1 aromatic carbocycles. The van der Waals surface area contributed by atoms with Gasteiger partial charge in [-0.05, 0) is 44.0 Å². The normalized spacial score (nSPS) is 15.6. The topological polar surface area (TPSA) is 131 Å². The Labute approximate surface area is 182 Å². The van der Waals surface area contributed by atoms with Gasteiger partial charge in [0.05, 0.1) is 16.8 Å². The SMILES string of the molecule is C[C@H](CO)ON=C(C(=O)Nc1nc2cccnc2s1)c1ccc(S(=O)(=O)C2CC2)cc1. The summed E-state index contributed by atoms with van der Waals surface area (Å²) in [5.74, 6) is -0.581. The molecule has 0 unspecified atom stereocenters. The third-order valence-corrected chi connectivity index (χ3v) is 7.78. The van der Waals surface area contributed by atoms with Crippen LogP contribution in [-0.4, -0.2) is 53.1 Å². The zero-order chi connectivity index (χ0) is 22.0. The van der Waals surface area contributed by atoms with Crippen molar-refractivity contribution in [3.63, 3.8) is 0 Å². The number of pyridine rings is 1. The third kappa shape index (κ3) is 4.73. The lowest BCUT2D eigenvalue weighted by molar-refractivity contribution is -0.110. The number of hydrogen-bond donors (Lipinski definition) is 2. The number of amides is 1. The monoisotopic (exact) mass is 460 g/mol. The number of oxime groups is 1. The molecule has 162 valence electrons. The van der Waals surface area contributed by atoms with Gasteiger partial charge in [-0.25, -0.2) is 18.4 Å². The second kappa shape index (κ2) is 8.69. The second-order valence-corrected chi connectivity index (χ2v) is 10.3. The lowest BCUT2D eigenvalue weighted by Gasteiger charge is -2.10. The molecule has 1 aliphatic carbocycles. The molecule has 1 saturated carbocycles. The zero-order valence-corrected chi connectivity index (χ0v) is 18.2. The van der Waals surface area contributed by atoms with Crippen LogP contribution >= 0.6 is 11.3 Å². The molecule has 11 heteroatoms. The summed E-state index contributed by atoms with van der Waals surface area (Å²) in [6, 6.07) is 9.49. The number of rotatable bonds is 8. The van der Waals surface area contributed by atoms with E-state index in [9.17, 15) is 18.3 Å². The number of hydrogen-bond acceptors (Lipinski definition) is 9. The van der Waals surface area contributed by atoms with E-state index in [1.54, 1.807) is 25.3 Å². The summed E-state index contributed by atoms with van der Waals surface area (Å²) in [6.07, 6.45) is 2.36. The molecule has 4 rings (SSSR count). The molecule has 2 aromatic heterocycles. The molecule has 3 aromatic rings. The largest absolute Gasteiger partial charge is 0.392 e. The van der Waals surface area contributed by atoms with Gasteiger partial charge in [0.25, 0.3) is 5.91 Å². The lowest BCUT2D eigenvalue weighted by Crippen LogP contribution is -2.25. The summed E-state index contributed by atoms with van der Waals surface area (Å²) in [4.78, 5) is 27.5. The number of anilines is 1. The smallest absolute Gasteiger partial charge is 0.280 e. The van der Waals surface area contributed by atoms with Crippen molar-refractivity contribution in [3.05, 3.63) is 48.2 Å². The van der Waals surface area contributed by atoms with E-state index in [1.807, 2.05) is 0 Å². The molecule has 0 bridgehead atoms. The van der Waals surface area contributed by atoms with Crippen LogP contribution in [-0.2, 0) is 19.5 Å². The maximum absolute atomic E-state index is 12.9. The number of carbonyl (C=O) groups excluding carboxylic acids is 1. The minimum atomic E-state index is -3.34. The van der Waals surface area contributed by atoms with Crippen LogP contribution in [0.5, 0.6) is 0 Å². The highest BCUT2D eigenvalue weighted by molar-refractivity contribution is 7.92. The highest BCUT2D eigenvalue weighted by atomic mass is 32.2. The van der Waals surface area contributed by atoms with Gasteiger partial charge < -0.3 is 9.94 Å². The number of benzene rings is 1. The maximum Gasteiger partial charge on any atom is 0.280 e. The molecule has 0 saturated heterocycles. The van der Waals surface area contributed by atoms with E-state index in [0.29, 0.717) is 33.9 Å². The van der Waals surface area contributed by atoms with E-state index in [4.69, 9.17) is 4.84 Å². The number of nitrogens with one attached hydrogen (secondary N) is 1. The second-order valence-electron chi connectivity index (χ2n) is 7.11. The van der Waals surface area contributed by atoms with Crippen molar-refractivity contribution in [1.29, 1.82) is 0 Å². The average molecular weight is 461 g/mol. The van der Waals surface area contributed by atoms with Crippen LogP contribution < -0.4 is 5.32 Å². The molecule has 2 N–H and O–H groups in total. The lowest BCUT2D eigenvalue weighted by atomic mass is 10.1. The van der Waals surface area contributed by atoms with Crippen molar-refractivity contribution >= 4 is 48.3 Å². The summed E-state index contributed by atoms with van der Waals surface area (Å²) in [5.41, 5.74) is 0.959. The number of nitrogens with zero attached hydrogens (tertiary/aromatic N) is 3. The van der Waals surface area contributed by atoms with Gasteiger partial charge in [-0.15, -0.1) is 0 Å². The predicted octanol–water partition coefficient (Wildman–Crippen LogP) is 2.37. The fourth-order valence-electron chi connectivity index (χ4n) is 2.75. The fourth-order valence-corrected chi connectivity index (χ4v) is 5.21. The van der Waals surface area contributed by atoms with Gasteiger partial charge in [-0.1, -0.05) is 28.6 Å². The van der Waals surface area contributed by atoms with E-state index < -0.39 is 21.8 Å². The molecular formula is C20H20N4O5S2. The molecular weight excluding hydrogens is 440 g/mol. The number of aliphatic hydroxyl groups is 1. The van der Waals surface area contributed by atoms with Gasteiger partial charge in [-0.2, -0.15) is 0 Å². The van der Waals surface area contributed by atoms with E-state index in [-0.39, 0.29) is 22.5 Å². The Morgan fingerprint density at radius 2 is 2.06 bits per heavy atom. The van der Waals surface area contributed by atoms with Gasteiger partial charge in [0, 0.05) is 11.8 Å². The number of fused-ring (bicyclic) bond motifs is 1. The molecule has 2 heterocycles. The minimum Gasteiger partial charge on any atom is -0.392 e. The van der Waals surface area contributed by atoms with Crippen molar-refractivity contribution in [2.45, 2.75) is 36.0 Å². The molecule has 31 heavy (non-hydrogen) atoms. The van der Waals surface area contributed by atoms with Gasteiger partial charge in [0.1, 0.15) is 16.5 Å². The van der Waals surface area contributed by atoms with Crippen molar-refractivity contribution in [2.24, 2.45) is 5.16 Å². The third-order valence-electron chi connectivity index (χ3n) is 4.60. The van der Waals surface area contributed by atoms with Crippen LogP contribution in [0.15, 0.2) is 52.6 Å². The van der Waals surface area contributed by atoms with E-state index >= 15 is 0 Å². The van der Waals surface area contributed by atoms with Crippen molar-refractivity contribution < 1.29 is 23.2 Å². The Hall–Kier alpha value is -2.89. The summed E-state index contributed by atoms with van der Waals surface area (Å²) >= 11 is 1.21. The quantitative estimate of drug-likeness (QED) is 0.390. The Morgan fingerprint density at radius 1 is 1.32 bits per heavy atom. The zero-order valence-electron chi connectivity index (χ0n) is 16.6. The van der Waals surface area contributed by atoms with Crippen molar-refractivity contribution in [2.75, 3.05) is 11.9 Å². The Bertz CT molecular complexity index is 1200. The molecule has 1 fully saturated rings. The summed E-state index contributed by atoms with van der Waals surface area (Å²) in [6.45, 7) is 1.32. The maximum atomic E-state index is 12.9. The summed E-state index contributed by atoms with van der Waals surface area (Å²) in [7, 11) is -3.34. The first-order valence-corrected chi connectivity index (χ1v) is 12.0. The van der Waals surface area contributed by atoms with Crippen LogP contribution in [0.2, 0.25) is 0 Å². The van der Waals surface area contributed by atoms with E-state index in [1.165, 1.54) is 35.6 Å². The van der Waals surface area contributed by atoms with Gasteiger partial charge in [0.15, 0.2) is 20.7 Å². The molecule has 0 aliphatic heterocycles. The number of carbonyl (C=O) groups is 1. The Kier molecular flexibility index (Phi) is 5.99. The molecule has 1 atom stereocenters. The van der Waals surface area contributed by atoms with Crippen molar-refractivity contribution in [3.8, 4) is 0 Å². The van der Waals surface area contributed by atoms with Crippen LogP contribution in [0.25, 0.3) is 10.3 Å². The standard InChI is InChI=1S/C20H20N4O5S2/c1-12(11-25)29-24-17(13-4-6-14(7-5-13)31(27,28)15-8-9-15)18(26)23-20-22-16-3-2-10-21-19(16)30-20/h2-7,10,12,15,25H,8-9,11H2,1H3,(H,22,23,26)/t12-/m1/s1. The van der Waals surface area contributed by atoms with Crippen LogP contribution in [0.1, 0.15) is 25.3 Å². The predicted molar refractivity (Wildman–Crippen MR) is 117 cm³/mol. The van der Waals surface area contributed by atoms with E-state index in [0.717, 1.165) is 0 Å².